The summed E-state index contributed by atoms with van der Waals surface area (Å²) in [4.78, 5) is 24.9. The van der Waals surface area contributed by atoms with Gasteiger partial charge in [0.2, 0.25) is 5.78 Å². The van der Waals surface area contributed by atoms with Crippen molar-refractivity contribution in [2.75, 3.05) is 20.8 Å². The predicted octanol–water partition coefficient (Wildman–Crippen LogP) is 5.31. The summed E-state index contributed by atoms with van der Waals surface area (Å²) in [7, 11) is 3.10. The standard InChI is InChI=1S/C25H24BrNO5/c1-16-13-22(17(2)27(16)20-8-6-19(26)7-9-20)23(28)15-32-25(29)12-5-18-14-21(30-3)10-11-24(18)31-4/h5-14H,15H2,1-4H3. The number of hydrogen-bond donors (Lipinski definition) is 0. The number of nitrogens with zero attached hydrogens (tertiary/aromatic N) is 1. The monoisotopic (exact) mass is 497 g/mol. The highest BCUT2D eigenvalue weighted by Crippen LogP contribution is 2.25. The fourth-order valence-corrected chi connectivity index (χ4v) is 3.69. The molecule has 0 saturated heterocycles. The Labute approximate surface area is 195 Å². The Kier molecular flexibility index (Phi) is 7.53. The van der Waals surface area contributed by atoms with Crippen LogP contribution in [-0.2, 0) is 9.53 Å². The van der Waals surface area contributed by atoms with Crippen LogP contribution >= 0.6 is 15.9 Å². The van der Waals surface area contributed by atoms with Crippen LogP contribution in [-0.4, -0.2) is 37.1 Å². The maximum absolute atomic E-state index is 12.7. The largest absolute Gasteiger partial charge is 0.497 e. The van der Waals surface area contributed by atoms with Crippen molar-refractivity contribution >= 4 is 33.8 Å². The van der Waals surface area contributed by atoms with Crippen LogP contribution in [0, 0.1) is 13.8 Å². The third-order valence-electron chi connectivity index (χ3n) is 5.00. The number of hydrogen-bond acceptors (Lipinski definition) is 5. The number of aryl methyl sites for hydroxylation is 1. The van der Waals surface area contributed by atoms with Crippen molar-refractivity contribution in [3.63, 3.8) is 0 Å². The van der Waals surface area contributed by atoms with E-state index in [0.717, 1.165) is 21.5 Å². The summed E-state index contributed by atoms with van der Waals surface area (Å²) in [5.41, 5.74) is 3.85. The molecular weight excluding hydrogens is 474 g/mol. The van der Waals surface area contributed by atoms with Gasteiger partial charge in [-0.3, -0.25) is 4.79 Å². The van der Waals surface area contributed by atoms with E-state index in [4.69, 9.17) is 14.2 Å². The normalized spacial score (nSPS) is 10.9. The molecule has 0 unspecified atom stereocenters. The van der Waals surface area contributed by atoms with E-state index < -0.39 is 5.97 Å². The summed E-state index contributed by atoms with van der Waals surface area (Å²) in [6, 6.07) is 14.9. The highest BCUT2D eigenvalue weighted by atomic mass is 79.9. The third-order valence-corrected chi connectivity index (χ3v) is 5.53. The molecule has 0 aliphatic carbocycles. The van der Waals surface area contributed by atoms with Crippen LogP contribution in [0.15, 0.2) is 59.1 Å². The zero-order chi connectivity index (χ0) is 23.3. The van der Waals surface area contributed by atoms with Crippen molar-refractivity contribution in [2.45, 2.75) is 13.8 Å². The summed E-state index contributed by atoms with van der Waals surface area (Å²) in [6.07, 6.45) is 2.82. The number of esters is 1. The highest BCUT2D eigenvalue weighted by molar-refractivity contribution is 9.10. The maximum atomic E-state index is 12.7. The van der Waals surface area contributed by atoms with E-state index in [1.165, 1.54) is 6.08 Å². The van der Waals surface area contributed by atoms with E-state index in [1.807, 2.05) is 48.7 Å². The number of benzene rings is 2. The minimum atomic E-state index is -0.620. The second kappa shape index (κ2) is 10.3. The first kappa shape index (κ1) is 23.3. The number of ether oxygens (including phenoxy) is 3. The Balaban J connectivity index is 1.69. The number of ketones is 1. The SMILES string of the molecule is COc1ccc(OC)c(C=CC(=O)OCC(=O)c2cc(C)n(-c3ccc(Br)cc3)c2C)c1. The molecule has 166 valence electrons. The van der Waals surface area contributed by atoms with Gasteiger partial charge in [0.05, 0.1) is 14.2 Å². The molecule has 0 saturated carbocycles. The maximum Gasteiger partial charge on any atom is 0.331 e. The Bertz CT molecular complexity index is 1160. The van der Waals surface area contributed by atoms with Crippen LogP contribution in [0.3, 0.4) is 0 Å². The Morgan fingerprint density at radius 1 is 1.00 bits per heavy atom. The molecule has 0 aliphatic rings. The second-order valence-electron chi connectivity index (χ2n) is 7.07. The average molecular weight is 498 g/mol. The van der Waals surface area contributed by atoms with Crippen molar-refractivity contribution in [1.82, 2.24) is 4.57 Å². The summed E-state index contributed by atoms with van der Waals surface area (Å²) in [5.74, 6) is 0.341. The van der Waals surface area contributed by atoms with Gasteiger partial charge in [0.1, 0.15) is 11.5 Å². The van der Waals surface area contributed by atoms with Gasteiger partial charge in [0.25, 0.3) is 0 Å². The molecule has 0 N–H and O–H groups in total. The molecule has 32 heavy (non-hydrogen) atoms. The average Bonchev–Trinajstić information content (AvgIpc) is 3.10. The van der Waals surface area contributed by atoms with Crippen LogP contribution in [0.2, 0.25) is 0 Å². The third kappa shape index (κ3) is 5.29. The molecule has 1 heterocycles. The van der Waals surface area contributed by atoms with Crippen LogP contribution in [0.25, 0.3) is 11.8 Å². The zero-order valence-corrected chi connectivity index (χ0v) is 19.9. The Hall–Kier alpha value is -3.32. The number of carbonyl (C=O) groups is 2. The van der Waals surface area contributed by atoms with E-state index in [-0.39, 0.29) is 12.4 Å². The van der Waals surface area contributed by atoms with Gasteiger partial charge in [-0.25, -0.2) is 4.79 Å². The van der Waals surface area contributed by atoms with Crippen LogP contribution in [0.4, 0.5) is 0 Å². The van der Waals surface area contributed by atoms with Crippen LogP contribution in [0.1, 0.15) is 27.3 Å². The van der Waals surface area contributed by atoms with E-state index in [9.17, 15) is 9.59 Å². The minimum Gasteiger partial charge on any atom is -0.497 e. The molecule has 0 bridgehead atoms. The lowest BCUT2D eigenvalue weighted by Crippen LogP contribution is -2.13. The van der Waals surface area contributed by atoms with Crippen molar-refractivity contribution in [2.24, 2.45) is 0 Å². The van der Waals surface area contributed by atoms with E-state index in [1.54, 1.807) is 38.5 Å². The first-order valence-corrected chi connectivity index (χ1v) is 10.7. The fourth-order valence-electron chi connectivity index (χ4n) is 3.42. The van der Waals surface area contributed by atoms with E-state index >= 15 is 0 Å². The first-order chi connectivity index (χ1) is 15.3. The molecule has 0 amide bonds. The quantitative estimate of drug-likeness (QED) is 0.239. The Morgan fingerprint density at radius 2 is 1.72 bits per heavy atom. The van der Waals surface area contributed by atoms with Crippen LogP contribution < -0.4 is 9.47 Å². The fraction of sp³-hybridized carbons (Fsp3) is 0.200. The molecule has 3 aromatic rings. The summed E-state index contributed by atoms with van der Waals surface area (Å²) in [5, 5.41) is 0. The molecule has 6 nitrogen and oxygen atoms in total. The zero-order valence-electron chi connectivity index (χ0n) is 18.3. The molecule has 1 aromatic heterocycles. The van der Waals surface area contributed by atoms with Crippen molar-refractivity contribution in [1.29, 1.82) is 0 Å². The number of rotatable bonds is 8. The van der Waals surface area contributed by atoms with E-state index in [0.29, 0.717) is 22.6 Å². The molecule has 7 heteroatoms. The van der Waals surface area contributed by atoms with Crippen molar-refractivity contribution < 1.29 is 23.8 Å². The molecule has 0 aliphatic heterocycles. The van der Waals surface area contributed by atoms with Crippen molar-refractivity contribution in [3.05, 3.63) is 81.6 Å². The molecule has 2 aromatic carbocycles. The van der Waals surface area contributed by atoms with Gasteiger partial charge in [-0.2, -0.15) is 0 Å². The van der Waals surface area contributed by atoms with Gasteiger partial charge in [-0.15, -0.1) is 0 Å². The van der Waals surface area contributed by atoms with Gasteiger partial charge < -0.3 is 18.8 Å². The molecule has 0 spiro atoms. The number of Topliss-reactive ketones (excluding diaryl/α,β-unsaturated/α-hetero) is 1. The molecular formula is C25H24BrNO5. The number of halogens is 1. The minimum absolute atomic E-state index is 0.262. The van der Waals surface area contributed by atoms with Gasteiger partial charge in [0, 0.05) is 38.8 Å². The van der Waals surface area contributed by atoms with Crippen LogP contribution in [0.5, 0.6) is 11.5 Å². The lowest BCUT2D eigenvalue weighted by molar-refractivity contribution is -0.136. The molecule has 0 radical (unpaired) electrons. The van der Waals surface area contributed by atoms with Gasteiger partial charge >= 0.3 is 5.97 Å². The predicted molar refractivity (Wildman–Crippen MR) is 127 cm³/mol. The summed E-state index contributed by atoms with van der Waals surface area (Å²) < 4.78 is 18.6. The smallest absolute Gasteiger partial charge is 0.331 e. The Morgan fingerprint density at radius 3 is 2.38 bits per heavy atom. The van der Waals surface area contributed by atoms with Gasteiger partial charge in [0.15, 0.2) is 6.61 Å². The molecule has 0 atom stereocenters. The summed E-state index contributed by atoms with van der Waals surface area (Å²) in [6.45, 7) is 3.46. The topological polar surface area (TPSA) is 66.8 Å². The number of carbonyl (C=O) groups excluding carboxylic acids is 2. The summed E-state index contributed by atoms with van der Waals surface area (Å²) >= 11 is 3.43. The lowest BCUT2D eigenvalue weighted by atomic mass is 10.1. The highest BCUT2D eigenvalue weighted by Gasteiger charge is 2.18. The number of aromatic nitrogens is 1. The van der Waals surface area contributed by atoms with Gasteiger partial charge in [-0.05, 0) is 68.5 Å². The van der Waals surface area contributed by atoms with Crippen molar-refractivity contribution in [3.8, 4) is 17.2 Å². The molecule has 0 fully saturated rings. The van der Waals surface area contributed by atoms with E-state index in [2.05, 4.69) is 15.9 Å². The number of methoxy groups -OCH3 is 2. The first-order valence-electron chi connectivity index (χ1n) is 9.89. The lowest BCUT2D eigenvalue weighted by Gasteiger charge is -2.10. The molecule has 3 rings (SSSR count). The van der Waals surface area contributed by atoms with Gasteiger partial charge in [-0.1, -0.05) is 15.9 Å². The second-order valence-corrected chi connectivity index (χ2v) is 7.98.